The molecule has 8 heteroatoms. The maximum Gasteiger partial charge on any atom is 0.263 e. The third-order valence-corrected chi connectivity index (χ3v) is 6.84. The molecular weight excluding hydrogens is 490 g/mol. The Morgan fingerprint density at radius 2 is 1.91 bits per heavy atom. The van der Waals surface area contributed by atoms with Crippen LogP contribution in [-0.2, 0) is 17.8 Å². The lowest BCUT2D eigenvalue weighted by Crippen LogP contribution is -2.27. The van der Waals surface area contributed by atoms with E-state index in [9.17, 15) is 14.4 Å². The second-order valence-corrected chi connectivity index (χ2v) is 9.30. The fourth-order valence-electron chi connectivity index (χ4n) is 3.53. The fraction of sp³-hybridized carbons (Fsp3) is 0.167. The van der Waals surface area contributed by atoms with Crippen molar-refractivity contribution in [3.8, 4) is 11.1 Å². The van der Waals surface area contributed by atoms with Gasteiger partial charge in [0.15, 0.2) is 5.78 Å². The Morgan fingerprint density at radius 3 is 2.59 bits per heavy atom. The van der Waals surface area contributed by atoms with Gasteiger partial charge in [-0.05, 0) is 43.2 Å². The van der Waals surface area contributed by atoms with Crippen LogP contribution in [0.25, 0.3) is 21.3 Å². The first-order valence-corrected chi connectivity index (χ1v) is 11.7. The van der Waals surface area contributed by atoms with E-state index in [0.29, 0.717) is 21.5 Å². The molecule has 32 heavy (non-hydrogen) atoms. The highest BCUT2D eigenvalue weighted by atomic mass is 79.9. The molecule has 0 unspecified atom stereocenters. The zero-order valence-corrected chi connectivity index (χ0v) is 19.9. The van der Waals surface area contributed by atoms with Gasteiger partial charge >= 0.3 is 0 Å². The van der Waals surface area contributed by atoms with Crippen LogP contribution in [0.5, 0.6) is 0 Å². The van der Waals surface area contributed by atoms with Crippen LogP contribution in [0.15, 0.2) is 64.1 Å². The smallest absolute Gasteiger partial charge is 0.263 e. The summed E-state index contributed by atoms with van der Waals surface area (Å²) in [5, 5.41) is 3.28. The predicted octanol–water partition coefficient (Wildman–Crippen LogP) is 5.29. The molecule has 0 saturated carbocycles. The average molecular weight is 510 g/mol. The zero-order chi connectivity index (χ0) is 22.8. The Morgan fingerprint density at radius 1 is 1.16 bits per heavy atom. The Labute approximate surface area is 197 Å². The lowest BCUT2D eigenvalue weighted by atomic mass is 10.0. The molecule has 6 nitrogen and oxygen atoms in total. The number of Topliss-reactive ketones (excluding diaryl/α,β-unsaturated/α-hetero) is 1. The van der Waals surface area contributed by atoms with E-state index in [1.807, 2.05) is 31.2 Å². The summed E-state index contributed by atoms with van der Waals surface area (Å²) in [6, 6.07) is 14.5. The molecule has 2 aromatic carbocycles. The Bertz CT molecular complexity index is 1390. The quantitative estimate of drug-likeness (QED) is 0.358. The summed E-state index contributed by atoms with van der Waals surface area (Å²) in [5.74, 6) is -0.457. The normalized spacial score (nSPS) is 11.0. The van der Waals surface area contributed by atoms with Gasteiger partial charge in [-0.1, -0.05) is 47.1 Å². The van der Waals surface area contributed by atoms with Crippen molar-refractivity contribution in [1.82, 2.24) is 9.55 Å². The van der Waals surface area contributed by atoms with E-state index in [-0.39, 0.29) is 23.8 Å². The van der Waals surface area contributed by atoms with Gasteiger partial charge in [-0.3, -0.25) is 19.0 Å². The molecule has 0 spiro atoms. The largest absolute Gasteiger partial charge is 0.325 e. The highest BCUT2D eigenvalue weighted by Gasteiger charge is 2.19. The van der Waals surface area contributed by atoms with Crippen LogP contribution >= 0.6 is 27.3 Å². The molecule has 2 heterocycles. The molecule has 0 aliphatic heterocycles. The number of thiophene rings is 1. The molecule has 0 radical (unpaired) electrons. The minimum Gasteiger partial charge on any atom is -0.325 e. The summed E-state index contributed by atoms with van der Waals surface area (Å²) in [4.78, 5) is 43.7. The molecule has 0 aliphatic rings. The van der Waals surface area contributed by atoms with Gasteiger partial charge in [0.25, 0.3) is 5.56 Å². The molecule has 162 valence electrons. The molecule has 4 aromatic rings. The van der Waals surface area contributed by atoms with E-state index in [4.69, 9.17) is 0 Å². The Kier molecular flexibility index (Phi) is 6.34. The van der Waals surface area contributed by atoms with E-state index in [1.165, 1.54) is 29.2 Å². The number of hydrogen-bond donors (Lipinski definition) is 1. The zero-order valence-electron chi connectivity index (χ0n) is 17.5. The number of carbonyl (C=O) groups excluding carboxylic acids is 2. The summed E-state index contributed by atoms with van der Waals surface area (Å²) in [6.45, 7) is 3.34. The van der Waals surface area contributed by atoms with Gasteiger partial charge in [0.05, 0.1) is 11.7 Å². The number of carbonyl (C=O) groups is 2. The molecule has 2 aromatic heterocycles. The Balaban J connectivity index is 1.69. The SMILES string of the molecule is CCc1sc2ncn(CC(=O)Nc3cccc(C(C)=O)c3)c(=O)c2c1-c1ccc(Br)cc1. The molecule has 0 bridgehead atoms. The monoisotopic (exact) mass is 509 g/mol. The Hall–Kier alpha value is -3.10. The summed E-state index contributed by atoms with van der Waals surface area (Å²) in [5.41, 5.74) is 2.58. The number of benzene rings is 2. The second-order valence-electron chi connectivity index (χ2n) is 7.30. The number of ketones is 1. The van der Waals surface area contributed by atoms with Crippen LogP contribution in [0.2, 0.25) is 0 Å². The van der Waals surface area contributed by atoms with Crippen molar-refractivity contribution in [2.75, 3.05) is 5.32 Å². The molecule has 0 aliphatic carbocycles. The molecule has 0 saturated heterocycles. The molecule has 1 amide bonds. The third-order valence-electron chi connectivity index (χ3n) is 5.07. The number of nitrogens with zero attached hydrogens (tertiary/aromatic N) is 2. The number of aryl methyl sites for hydroxylation is 1. The number of halogens is 1. The molecule has 4 rings (SSSR count). The number of anilines is 1. The van der Waals surface area contributed by atoms with Gasteiger partial charge < -0.3 is 5.32 Å². The lowest BCUT2D eigenvalue weighted by molar-refractivity contribution is -0.116. The van der Waals surface area contributed by atoms with Gasteiger partial charge in [0, 0.05) is 26.2 Å². The van der Waals surface area contributed by atoms with Gasteiger partial charge in [0.1, 0.15) is 11.4 Å². The van der Waals surface area contributed by atoms with Crippen LogP contribution in [0, 0.1) is 0 Å². The third kappa shape index (κ3) is 4.42. The standard InChI is InChI=1S/C24H20BrN3O3S/c1-3-19-21(15-7-9-17(25)10-8-15)22-23(32-19)26-13-28(24(22)31)12-20(30)27-18-6-4-5-16(11-18)14(2)29/h4-11,13H,3,12H2,1-2H3,(H,27,30). The lowest BCUT2D eigenvalue weighted by Gasteiger charge is -2.09. The molecule has 0 fully saturated rings. The summed E-state index contributed by atoms with van der Waals surface area (Å²) in [6.07, 6.45) is 2.19. The van der Waals surface area contributed by atoms with Crippen molar-refractivity contribution in [3.63, 3.8) is 0 Å². The number of nitrogens with one attached hydrogen (secondary N) is 1. The van der Waals surface area contributed by atoms with Gasteiger partial charge in [-0.2, -0.15) is 0 Å². The minimum atomic E-state index is -0.370. The highest BCUT2D eigenvalue weighted by Crippen LogP contribution is 2.36. The topological polar surface area (TPSA) is 81.1 Å². The first kappa shape index (κ1) is 22.1. The number of amides is 1. The van der Waals surface area contributed by atoms with Crippen molar-refractivity contribution in [2.24, 2.45) is 0 Å². The van der Waals surface area contributed by atoms with E-state index in [0.717, 1.165) is 26.9 Å². The van der Waals surface area contributed by atoms with Crippen LogP contribution < -0.4 is 10.9 Å². The van der Waals surface area contributed by atoms with Gasteiger partial charge in [-0.25, -0.2) is 4.98 Å². The van der Waals surface area contributed by atoms with Crippen molar-refractivity contribution >= 4 is 54.9 Å². The maximum atomic E-state index is 13.3. The van der Waals surface area contributed by atoms with Gasteiger partial charge in [0.2, 0.25) is 5.91 Å². The van der Waals surface area contributed by atoms with Crippen LogP contribution in [0.4, 0.5) is 5.69 Å². The average Bonchev–Trinajstić information content (AvgIpc) is 3.16. The summed E-state index contributed by atoms with van der Waals surface area (Å²) >= 11 is 4.95. The predicted molar refractivity (Wildman–Crippen MR) is 131 cm³/mol. The first-order valence-electron chi connectivity index (χ1n) is 10.0. The van der Waals surface area contributed by atoms with E-state index >= 15 is 0 Å². The number of aromatic nitrogens is 2. The highest BCUT2D eigenvalue weighted by molar-refractivity contribution is 9.10. The molecular formula is C24H20BrN3O3S. The first-order chi connectivity index (χ1) is 15.4. The summed E-state index contributed by atoms with van der Waals surface area (Å²) < 4.78 is 2.28. The maximum absolute atomic E-state index is 13.3. The fourth-order valence-corrected chi connectivity index (χ4v) is 4.88. The minimum absolute atomic E-state index is 0.0865. The number of hydrogen-bond acceptors (Lipinski definition) is 5. The van der Waals surface area contributed by atoms with Crippen molar-refractivity contribution in [3.05, 3.63) is 80.1 Å². The van der Waals surface area contributed by atoms with Crippen LogP contribution in [0.3, 0.4) is 0 Å². The second kappa shape index (κ2) is 9.18. The number of fused-ring (bicyclic) bond motifs is 1. The van der Waals surface area contributed by atoms with Crippen LogP contribution in [-0.4, -0.2) is 21.2 Å². The number of rotatable bonds is 6. The molecule has 0 atom stereocenters. The van der Waals surface area contributed by atoms with E-state index in [2.05, 4.69) is 26.2 Å². The van der Waals surface area contributed by atoms with Crippen molar-refractivity contribution in [1.29, 1.82) is 0 Å². The van der Waals surface area contributed by atoms with Crippen LogP contribution in [0.1, 0.15) is 29.1 Å². The summed E-state index contributed by atoms with van der Waals surface area (Å²) in [7, 11) is 0. The van der Waals surface area contributed by atoms with Crippen molar-refractivity contribution < 1.29 is 9.59 Å². The van der Waals surface area contributed by atoms with Gasteiger partial charge in [-0.15, -0.1) is 11.3 Å². The van der Waals surface area contributed by atoms with E-state index < -0.39 is 0 Å². The van der Waals surface area contributed by atoms with Crippen molar-refractivity contribution in [2.45, 2.75) is 26.8 Å². The van der Waals surface area contributed by atoms with E-state index in [1.54, 1.807) is 24.3 Å². The molecule has 1 N–H and O–H groups in total.